The summed E-state index contributed by atoms with van der Waals surface area (Å²) in [4.78, 5) is 0. The van der Waals surface area contributed by atoms with Gasteiger partial charge in [0.25, 0.3) is 0 Å². The molecule has 2 nitrogen and oxygen atoms in total. The van der Waals surface area contributed by atoms with E-state index in [9.17, 15) is 17.6 Å². The Labute approximate surface area is 186 Å². The van der Waals surface area contributed by atoms with Gasteiger partial charge in [0.05, 0.1) is 19.9 Å². The lowest BCUT2D eigenvalue weighted by Crippen LogP contribution is -2.25. The van der Waals surface area contributed by atoms with Crippen LogP contribution in [0.15, 0.2) is 48.3 Å². The zero-order valence-electron chi connectivity index (χ0n) is 18.1. The van der Waals surface area contributed by atoms with E-state index in [4.69, 9.17) is 9.47 Å². The van der Waals surface area contributed by atoms with Crippen molar-refractivity contribution < 1.29 is 27.0 Å². The van der Waals surface area contributed by atoms with Gasteiger partial charge in [0, 0.05) is 28.5 Å². The molecule has 6 heteroatoms. The molecule has 0 amide bonds. The van der Waals surface area contributed by atoms with Gasteiger partial charge < -0.3 is 9.47 Å². The van der Waals surface area contributed by atoms with Crippen molar-refractivity contribution in [3.05, 3.63) is 65.2 Å². The van der Waals surface area contributed by atoms with Crippen LogP contribution in [-0.4, -0.2) is 19.9 Å². The fourth-order valence-corrected chi connectivity index (χ4v) is 4.39. The average molecular weight is 449 g/mol. The van der Waals surface area contributed by atoms with E-state index in [-0.39, 0.29) is 11.5 Å². The van der Waals surface area contributed by atoms with Crippen LogP contribution in [0, 0.1) is 23.6 Å². The van der Waals surface area contributed by atoms with Gasteiger partial charge in [0.2, 0.25) is 0 Å². The van der Waals surface area contributed by atoms with Crippen molar-refractivity contribution in [1.82, 2.24) is 0 Å². The highest BCUT2D eigenvalue weighted by molar-refractivity contribution is 5.69. The monoisotopic (exact) mass is 448 g/mol. The third-order valence-electron chi connectivity index (χ3n) is 6.41. The Hall–Kier alpha value is -2.18. The maximum atomic E-state index is 14.8. The zero-order valence-corrected chi connectivity index (χ0v) is 18.1. The number of hydrogen-bond donors (Lipinski definition) is 0. The van der Waals surface area contributed by atoms with Gasteiger partial charge in [-0.1, -0.05) is 43.3 Å². The molecule has 1 saturated carbocycles. The van der Waals surface area contributed by atoms with Crippen molar-refractivity contribution >= 4 is 5.83 Å². The molecule has 2 aromatic carbocycles. The van der Waals surface area contributed by atoms with Crippen LogP contribution in [0.2, 0.25) is 0 Å². The minimum Gasteiger partial charge on any atom is -0.348 e. The lowest BCUT2D eigenvalue weighted by atomic mass is 9.81. The quantitative estimate of drug-likeness (QED) is 0.440. The SMILES string of the molecule is CC1COC(c2ccc(-c3ccc(/C(F)=C(\F)C4CCC(CF)CC4)cc3)c(F)c2)OC1. The van der Waals surface area contributed by atoms with Gasteiger partial charge in [-0.25, -0.2) is 13.2 Å². The number of hydrogen-bond acceptors (Lipinski definition) is 2. The van der Waals surface area contributed by atoms with Gasteiger partial charge in [-0.2, -0.15) is 0 Å². The number of allylic oxidation sites excluding steroid dienone is 1. The van der Waals surface area contributed by atoms with Crippen LogP contribution in [0.1, 0.15) is 50.0 Å². The van der Waals surface area contributed by atoms with Gasteiger partial charge in [-0.15, -0.1) is 0 Å². The zero-order chi connectivity index (χ0) is 22.7. The molecular formula is C26H28F4O2. The van der Waals surface area contributed by atoms with E-state index >= 15 is 0 Å². The number of ether oxygens (including phenoxy) is 2. The van der Waals surface area contributed by atoms with Gasteiger partial charge in [-0.3, -0.25) is 4.39 Å². The Morgan fingerprint density at radius 2 is 1.59 bits per heavy atom. The topological polar surface area (TPSA) is 18.5 Å². The summed E-state index contributed by atoms with van der Waals surface area (Å²) < 4.78 is 68.1. The second-order valence-corrected chi connectivity index (χ2v) is 8.95. The molecule has 0 spiro atoms. The highest BCUT2D eigenvalue weighted by Crippen LogP contribution is 2.38. The molecule has 172 valence electrons. The number of halogens is 4. The molecule has 0 N–H and O–H groups in total. The number of benzene rings is 2. The molecule has 0 atom stereocenters. The van der Waals surface area contributed by atoms with Crippen LogP contribution in [0.4, 0.5) is 17.6 Å². The second kappa shape index (κ2) is 10.2. The van der Waals surface area contributed by atoms with Crippen molar-refractivity contribution in [2.24, 2.45) is 17.8 Å². The summed E-state index contributed by atoms with van der Waals surface area (Å²) in [5.41, 5.74) is 1.65. The van der Waals surface area contributed by atoms with Gasteiger partial charge in [0.15, 0.2) is 12.1 Å². The van der Waals surface area contributed by atoms with Crippen molar-refractivity contribution in [1.29, 1.82) is 0 Å². The summed E-state index contributed by atoms with van der Waals surface area (Å²) in [6.07, 6.45) is 1.48. The van der Waals surface area contributed by atoms with Crippen LogP contribution >= 0.6 is 0 Å². The van der Waals surface area contributed by atoms with Gasteiger partial charge >= 0.3 is 0 Å². The predicted octanol–water partition coefficient (Wildman–Crippen LogP) is 7.56. The molecule has 1 aliphatic heterocycles. The number of rotatable bonds is 5. The maximum Gasteiger partial charge on any atom is 0.183 e. The molecular weight excluding hydrogens is 420 g/mol. The van der Waals surface area contributed by atoms with Crippen LogP contribution in [0.5, 0.6) is 0 Å². The molecule has 1 saturated heterocycles. The fraction of sp³-hybridized carbons (Fsp3) is 0.462. The first-order valence-electron chi connectivity index (χ1n) is 11.2. The lowest BCUT2D eigenvalue weighted by molar-refractivity contribution is -0.202. The summed E-state index contributed by atoms with van der Waals surface area (Å²) in [6.45, 7) is 2.73. The third kappa shape index (κ3) is 5.07. The Kier molecular flexibility index (Phi) is 7.31. The van der Waals surface area contributed by atoms with E-state index in [2.05, 4.69) is 0 Å². The van der Waals surface area contributed by atoms with Gasteiger partial charge in [0.1, 0.15) is 11.6 Å². The number of alkyl halides is 1. The van der Waals surface area contributed by atoms with E-state index in [0.29, 0.717) is 61.5 Å². The molecule has 0 bridgehead atoms. The molecule has 0 aromatic heterocycles. The van der Waals surface area contributed by atoms with Crippen LogP contribution in [0.25, 0.3) is 17.0 Å². The second-order valence-electron chi connectivity index (χ2n) is 8.95. The standard InChI is InChI=1S/C26H28F4O2/c1-16-14-31-26(32-15-16)21-10-11-22(23(28)12-21)18-6-8-20(9-7-18)25(30)24(29)19-4-2-17(13-27)3-5-19/h6-12,16-17,19,26H,2-5,13-15H2,1H3/b25-24+. The molecule has 2 aliphatic rings. The minimum atomic E-state index is -0.892. The van der Waals surface area contributed by atoms with Crippen LogP contribution < -0.4 is 0 Å². The fourth-order valence-electron chi connectivity index (χ4n) is 4.39. The van der Waals surface area contributed by atoms with E-state index in [0.717, 1.165) is 0 Å². The molecule has 2 aromatic rings. The molecule has 2 fully saturated rings. The highest BCUT2D eigenvalue weighted by atomic mass is 19.2. The largest absolute Gasteiger partial charge is 0.348 e. The summed E-state index contributed by atoms with van der Waals surface area (Å²) in [6, 6.07) is 10.9. The van der Waals surface area contributed by atoms with Crippen molar-refractivity contribution in [2.45, 2.75) is 38.9 Å². The lowest BCUT2D eigenvalue weighted by Gasteiger charge is -2.27. The van der Waals surface area contributed by atoms with Crippen molar-refractivity contribution in [2.75, 3.05) is 19.9 Å². The molecule has 4 rings (SSSR count). The molecule has 1 aliphatic carbocycles. The normalized spacial score (nSPS) is 27.2. The van der Waals surface area contributed by atoms with E-state index in [1.54, 1.807) is 24.3 Å². The molecule has 32 heavy (non-hydrogen) atoms. The van der Waals surface area contributed by atoms with Crippen LogP contribution in [0.3, 0.4) is 0 Å². The molecule has 0 radical (unpaired) electrons. The minimum absolute atomic E-state index is 0.0394. The Bertz CT molecular complexity index is 941. The highest BCUT2D eigenvalue weighted by Gasteiger charge is 2.27. The first-order chi connectivity index (χ1) is 15.5. The van der Waals surface area contributed by atoms with Gasteiger partial charge in [-0.05, 0) is 43.2 Å². The predicted molar refractivity (Wildman–Crippen MR) is 116 cm³/mol. The van der Waals surface area contributed by atoms with Crippen molar-refractivity contribution in [3.8, 4) is 11.1 Å². The average Bonchev–Trinajstić information content (AvgIpc) is 2.84. The molecule has 0 unspecified atom stereocenters. The van der Waals surface area contributed by atoms with E-state index in [1.807, 2.05) is 6.92 Å². The van der Waals surface area contributed by atoms with Crippen molar-refractivity contribution in [3.63, 3.8) is 0 Å². The summed E-state index contributed by atoms with van der Waals surface area (Å²) in [5.74, 6) is -2.34. The van der Waals surface area contributed by atoms with E-state index < -0.39 is 36.4 Å². The smallest absolute Gasteiger partial charge is 0.183 e. The Morgan fingerprint density at radius 3 is 2.19 bits per heavy atom. The first-order valence-corrected chi connectivity index (χ1v) is 11.2. The van der Waals surface area contributed by atoms with E-state index in [1.165, 1.54) is 18.2 Å². The summed E-state index contributed by atoms with van der Waals surface area (Å²) in [5, 5.41) is 0. The first kappa shape index (κ1) is 23.0. The third-order valence-corrected chi connectivity index (χ3v) is 6.41. The summed E-state index contributed by atoms with van der Waals surface area (Å²) in [7, 11) is 0. The molecule has 1 heterocycles. The van der Waals surface area contributed by atoms with Crippen LogP contribution in [-0.2, 0) is 9.47 Å². The Morgan fingerprint density at radius 1 is 0.938 bits per heavy atom. The summed E-state index contributed by atoms with van der Waals surface area (Å²) >= 11 is 0. The Balaban J connectivity index is 1.47. The maximum absolute atomic E-state index is 14.8.